The van der Waals surface area contributed by atoms with E-state index < -0.39 is 17.4 Å². The van der Waals surface area contributed by atoms with E-state index in [-0.39, 0.29) is 37.6 Å². The monoisotopic (exact) mass is 299 g/mol. The Bertz CT molecular complexity index is 479. The molecule has 0 unspecified atom stereocenters. The van der Waals surface area contributed by atoms with Crippen molar-refractivity contribution in [3.8, 4) is 0 Å². The van der Waals surface area contributed by atoms with Gasteiger partial charge in [0, 0.05) is 13.1 Å². The molecule has 0 aliphatic rings. The maximum Gasteiger partial charge on any atom is 0.338 e. The van der Waals surface area contributed by atoms with E-state index in [4.69, 9.17) is 14.9 Å². The highest BCUT2D eigenvalue weighted by molar-refractivity contribution is 5.90. The SMILES string of the molecule is CC(C)(C)OC(=O)c1ccc(N(CCO)CCO)c(F)c1. The molecule has 1 aromatic rings. The second-order valence-corrected chi connectivity index (χ2v) is 5.60. The molecular formula is C15H22FNO4. The van der Waals surface area contributed by atoms with Crippen molar-refractivity contribution in [2.45, 2.75) is 26.4 Å². The number of nitrogens with zero attached hydrogens (tertiary/aromatic N) is 1. The molecule has 0 heterocycles. The van der Waals surface area contributed by atoms with Crippen molar-refractivity contribution in [2.75, 3.05) is 31.2 Å². The van der Waals surface area contributed by atoms with Gasteiger partial charge in [-0.3, -0.25) is 0 Å². The van der Waals surface area contributed by atoms with Gasteiger partial charge in [-0.05, 0) is 39.0 Å². The van der Waals surface area contributed by atoms with Crippen LogP contribution in [0, 0.1) is 5.82 Å². The van der Waals surface area contributed by atoms with Crippen LogP contribution in [0.2, 0.25) is 0 Å². The third kappa shape index (κ3) is 5.32. The third-order valence-corrected chi connectivity index (χ3v) is 2.66. The van der Waals surface area contributed by atoms with Gasteiger partial charge in [0.25, 0.3) is 0 Å². The molecule has 5 nitrogen and oxygen atoms in total. The number of ether oxygens (including phenoxy) is 1. The molecule has 0 fully saturated rings. The Morgan fingerprint density at radius 3 is 2.24 bits per heavy atom. The van der Waals surface area contributed by atoms with Crippen LogP contribution in [0.25, 0.3) is 0 Å². The lowest BCUT2D eigenvalue weighted by Crippen LogP contribution is -2.30. The summed E-state index contributed by atoms with van der Waals surface area (Å²) in [4.78, 5) is 13.4. The molecule has 0 aliphatic heterocycles. The van der Waals surface area contributed by atoms with Crippen molar-refractivity contribution in [2.24, 2.45) is 0 Å². The van der Waals surface area contributed by atoms with Gasteiger partial charge in [0.05, 0.1) is 24.5 Å². The van der Waals surface area contributed by atoms with E-state index in [9.17, 15) is 9.18 Å². The summed E-state index contributed by atoms with van der Waals surface area (Å²) in [5.74, 6) is -1.19. The number of rotatable bonds is 6. The van der Waals surface area contributed by atoms with Gasteiger partial charge in [0.1, 0.15) is 11.4 Å². The minimum Gasteiger partial charge on any atom is -0.456 e. The number of halogens is 1. The average Bonchev–Trinajstić information content (AvgIpc) is 2.36. The van der Waals surface area contributed by atoms with Crippen LogP contribution in [0.4, 0.5) is 10.1 Å². The Morgan fingerprint density at radius 1 is 1.24 bits per heavy atom. The molecule has 0 aromatic heterocycles. The van der Waals surface area contributed by atoms with Crippen LogP contribution in [0.1, 0.15) is 31.1 Å². The number of benzene rings is 1. The molecule has 0 saturated heterocycles. The van der Waals surface area contributed by atoms with Crippen molar-refractivity contribution in [1.29, 1.82) is 0 Å². The Kier molecular flexibility index (Phi) is 6.11. The quantitative estimate of drug-likeness (QED) is 0.780. The second-order valence-electron chi connectivity index (χ2n) is 5.60. The van der Waals surface area contributed by atoms with E-state index in [1.165, 1.54) is 17.0 Å². The third-order valence-electron chi connectivity index (χ3n) is 2.66. The molecular weight excluding hydrogens is 277 g/mol. The smallest absolute Gasteiger partial charge is 0.338 e. The van der Waals surface area contributed by atoms with E-state index in [1.54, 1.807) is 20.8 Å². The van der Waals surface area contributed by atoms with Crippen LogP contribution in [0.15, 0.2) is 18.2 Å². The number of hydrogen-bond acceptors (Lipinski definition) is 5. The summed E-state index contributed by atoms with van der Waals surface area (Å²) < 4.78 is 19.3. The highest BCUT2D eigenvalue weighted by Crippen LogP contribution is 2.22. The normalized spacial score (nSPS) is 11.3. The van der Waals surface area contributed by atoms with E-state index in [1.807, 2.05) is 0 Å². The second kappa shape index (κ2) is 7.38. The Hall–Kier alpha value is -1.66. The standard InChI is InChI=1S/C15H22FNO4/c1-15(2,3)21-14(20)11-4-5-13(12(16)10-11)17(6-8-18)7-9-19/h4-5,10,18-19H,6-9H2,1-3H3. The zero-order valence-electron chi connectivity index (χ0n) is 12.6. The number of carbonyl (C=O) groups excluding carboxylic acids is 1. The average molecular weight is 299 g/mol. The molecule has 1 aromatic carbocycles. The van der Waals surface area contributed by atoms with E-state index in [0.717, 1.165) is 6.07 Å². The fourth-order valence-corrected chi connectivity index (χ4v) is 1.82. The van der Waals surface area contributed by atoms with Gasteiger partial charge in [-0.2, -0.15) is 0 Å². The summed E-state index contributed by atoms with van der Waals surface area (Å²) in [6, 6.07) is 4.01. The molecule has 0 atom stereocenters. The Balaban J connectivity index is 2.96. The molecule has 2 N–H and O–H groups in total. The minimum absolute atomic E-state index is 0.124. The first-order chi connectivity index (χ1) is 9.78. The van der Waals surface area contributed by atoms with E-state index in [2.05, 4.69) is 0 Å². The van der Waals surface area contributed by atoms with Gasteiger partial charge in [-0.15, -0.1) is 0 Å². The zero-order chi connectivity index (χ0) is 16.0. The summed E-state index contributed by atoms with van der Waals surface area (Å²) in [6.45, 7) is 5.28. The van der Waals surface area contributed by atoms with Crippen molar-refractivity contribution >= 4 is 11.7 Å². The van der Waals surface area contributed by atoms with Crippen molar-refractivity contribution in [3.63, 3.8) is 0 Å². The number of anilines is 1. The highest BCUT2D eigenvalue weighted by Gasteiger charge is 2.20. The molecule has 0 spiro atoms. The molecule has 21 heavy (non-hydrogen) atoms. The topological polar surface area (TPSA) is 70.0 Å². The first-order valence-electron chi connectivity index (χ1n) is 6.78. The summed E-state index contributed by atoms with van der Waals surface area (Å²) in [7, 11) is 0. The molecule has 6 heteroatoms. The summed E-state index contributed by atoms with van der Waals surface area (Å²) in [5.41, 5.74) is -0.295. The van der Waals surface area contributed by atoms with Crippen LogP contribution < -0.4 is 4.90 Å². The molecule has 0 saturated carbocycles. The summed E-state index contributed by atoms with van der Waals surface area (Å²) >= 11 is 0. The van der Waals surface area contributed by atoms with Crippen LogP contribution in [0.5, 0.6) is 0 Å². The molecule has 0 amide bonds. The van der Waals surface area contributed by atoms with Gasteiger partial charge >= 0.3 is 5.97 Å². The van der Waals surface area contributed by atoms with Crippen LogP contribution >= 0.6 is 0 Å². The van der Waals surface area contributed by atoms with E-state index in [0.29, 0.717) is 0 Å². The number of carbonyl (C=O) groups is 1. The fourth-order valence-electron chi connectivity index (χ4n) is 1.82. The van der Waals surface area contributed by atoms with E-state index >= 15 is 0 Å². The van der Waals surface area contributed by atoms with Crippen LogP contribution in [-0.2, 0) is 4.74 Å². The number of aliphatic hydroxyl groups is 2. The summed E-state index contributed by atoms with van der Waals surface area (Å²) in [5, 5.41) is 17.9. The zero-order valence-corrected chi connectivity index (χ0v) is 12.6. The molecule has 118 valence electrons. The lowest BCUT2D eigenvalue weighted by molar-refractivity contribution is 0.00690. The maximum atomic E-state index is 14.1. The predicted molar refractivity (Wildman–Crippen MR) is 78.0 cm³/mol. The first kappa shape index (κ1) is 17.4. The van der Waals surface area contributed by atoms with Gasteiger partial charge in [-0.1, -0.05) is 0 Å². The number of aliphatic hydroxyl groups excluding tert-OH is 2. The van der Waals surface area contributed by atoms with Crippen molar-refractivity contribution in [1.82, 2.24) is 0 Å². The number of esters is 1. The van der Waals surface area contributed by atoms with Gasteiger partial charge in [-0.25, -0.2) is 9.18 Å². The predicted octanol–water partition coefficient (Wildman–Crippen LogP) is 1.57. The van der Waals surface area contributed by atoms with Gasteiger partial charge in [0.2, 0.25) is 0 Å². The molecule has 0 radical (unpaired) electrons. The summed E-state index contributed by atoms with van der Waals surface area (Å²) in [6.07, 6.45) is 0. The molecule has 0 bridgehead atoms. The maximum absolute atomic E-state index is 14.1. The molecule has 0 aliphatic carbocycles. The lowest BCUT2D eigenvalue weighted by atomic mass is 10.1. The Morgan fingerprint density at radius 2 is 1.81 bits per heavy atom. The van der Waals surface area contributed by atoms with Gasteiger partial charge < -0.3 is 19.8 Å². The lowest BCUT2D eigenvalue weighted by Gasteiger charge is -2.24. The van der Waals surface area contributed by atoms with Crippen LogP contribution in [-0.4, -0.2) is 48.1 Å². The van der Waals surface area contributed by atoms with Crippen molar-refractivity contribution in [3.05, 3.63) is 29.6 Å². The molecule has 1 rings (SSSR count). The van der Waals surface area contributed by atoms with Crippen LogP contribution in [0.3, 0.4) is 0 Å². The van der Waals surface area contributed by atoms with Crippen molar-refractivity contribution < 1.29 is 24.1 Å². The number of hydrogen-bond donors (Lipinski definition) is 2. The van der Waals surface area contributed by atoms with Gasteiger partial charge in [0.15, 0.2) is 0 Å². The highest BCUT2D eigenvalue weighted by atomic mass is 19.1. The first-order valence-corrected chi connectivity index (χ1v) is 6.78. The minimum atomic E-state index is -0.647. The largest absolute Gasteiger partial charge is 0.456 e. The fraction of sp³-hybridized carbons (Fsp3) is 0.533. The Labute approximate surface area is 124 Å².